The fourth-order valence-electron chi connectivity index (χ4n) is 3.60. The molecule has 0 aliphatic heterocycles. The van der Waals surface area contributed by atoms with Crippen LogP contribution < -0.4 is 0 Å². The molecule has 0 amide bonds. The lowest BCUT2D eigenvalue weighted by Crippen LogP contribution is -2.48. The predicted molar refractivity (Wildman–Crippen MR) is 108 cm³/mol. The highest BCUT2D eigenvalue weighted by atomic mass is 15.2. The molecule has 26 heavy (non-hydrogen) atoms. The molecule has 0 aliphatic rings. The molecule has 1 heteroatoms. The summed E-state index contributed by atoms with van der Waals surface area (Å²) in [5, 5.41) is 0. The zero-order chi connectivity index (χ0) is 18.2. The lowest BCUT2D eigenvalue weighted by Gasteiger charge is -2.44. The van der Waals surface area contributed by atoms with E-state index in [1.54, 1.807) is 0 Å². The number of terminal acetylenes is 2. The minimum Gasteiger partial charge on any atom is -0.264 e. The van der Waals surface area contributed by atoms with Crippen LogP contribution in [0.1, 0.15) is 16.7 Å². The molecule has 0 fully saturated rings. The first kappa shape index (κ1) is 17.6. The quantitative estimate of drug-likeness (QED) is 0.472. The first-order chi connectivity index (χ1) is 12.8. The molecule has 0 saturated carbocycles. The van der Waals surface area contributed by atoms with Crippen LogP contribution in [0.5, 0.6) is 0 Å². The highest BCUT2D eigenvalue weighted by Crippen LogP contribution is 2.42. The van der Waals surface area contributed by atoms with Gasteiger partial charge in [0.15, 0.2) is 0 Å². The first-order valence-electron chi connectivity index (χ1n) is 8.62. The third kappa shape index (κ3) is 3.14. The van der Waals surface area contributed by atoms with Crippen LogP contribution in [0.3, 0.4) is 0 Å². The standard InChI is InChI=1S/C25H21N/c1-3-20-26(21-4-2)25(22-14-8-5-9-15-22,23-16-10-6-11-17-23)24-18-12-7-13-19-24/h1-2,5-19H,20-21H2. The van der Waals surface area contributed by atoms with Gasteiger partial charge >= 0.3 is 0 Å². The summed E-state index contributed by atoms with van der Waals surface area (Å²) in [4.78, 5) is 2.19. The monoisotopic (exact) mass is 335 g/mol. The Morgan fingerprint density at radius 2 is 0.885 bits per heavy atom. The van der Waals surface area contributed by atoms with E-state index in [2.05, 4.69) is 89.5 Å². The molecule has 0 aromatic heterocycles. The summed E-state index contributed by atoms with van der Waals surface area (Å²) >= 11 is 0. The van der Waals surface area contributed by atoms with E-state index in [9.17, 15) is 0 Å². The number of nitrogens with zero attached hydrogens (tertiary/aromatic N) is 1. The molecule has 0 atom stereocenters. The molecule has 0 bridgehead atoms. The third-order valence-electron chi connectivity index (χ3n) is 4.61. The van der Waals surface area contributed by atoms with Crippen molar-refractivity contribution in [2.45, 2.75) is 5.54 Å². The minimum absolute atomic E-state index is 0.447. The van der Waals surface area contributed by atoms with Crippen molar-refractivity contribution in [2.75, 3.05) is 13.1 Å². The van der Waals surface area contributed by atoms with Crippen LogP contribution in [-0.2, 0) is 5.54 Å². The average Bonchev–Trinajstić information content (AvgIpc) is 2.71. The second kappa shape index (κ2) is 8.21. The summed E-state index contributed by atoms with van der Waals surface area (Å²) in [5.41, 5.74) is 2.87. The van der Waals surface area contributed by atoms with Gasteiger partial charge < -0.3 is 0 Å². The molecule has 0 spiro atoms. The number of hydrogen-bond donors (Lipinski definition) is 0. The molecule has 0 N–H and O–H groups in total. The Morgan fingerprint density at radius 3 is 1.15 bits per heavy atom. The first-order valence-corrected chi connectivity index (χ1v) is 8.62. The fourth-order valence-corrected chi connectivity index (χ4v) is 3.60. The van der Waals surface area contributed by atoms with Gasteiger partial charge in [0.25, 0.3) is 0 Å². The van der Waals surface area contributed by atoms with Crippen LogP contribution >= 0.6 is 0 Å². The fraction of sp³-hybridized carbons (Fsp3) is 0.120. The number of benzene rings is 3. The summed E-state index contributed by atoms with van der Waals surface area (Å²) in [6.45, 7) is 0.895. The number of hydrogen-bond acceptors (Lipinski definition) is 1. The van der Waals surface area contributed by atoms with Gasteiger partial charge in [-0.05, 0) is 16.7 Å². The predicted octanol–water partition coefficient (Wildman–Crippen LogP) is 4.55. The molecular weight excluding hydrogens is 314 g/mol. The van der Waals surface area contributed by atoms with Gasteiger partial charge in [-0.2, -0.15) is 0 Å². The van der Waals surface area contributed by atoms with Crippen LogP contribution in [0.2, 0.25) is 0 Å². The van der Waals surface area contributed by atoms with Gasteiger partial charge in [-0.15, -0.1) is 12.8 Å². The van der Waals surface area contributed by atoms with E-state index in [0.717, 1.165) is 16.7 Å². The van der Waals surface area contributed by atoms with Gasteiger partial charge in [0.1, 0.15) is 0 Å². The highest BCUT2D eigenvalue weighted by Gasteiger charge is 2.41. The Hall–Kier alpha value is -3.26. The zero-order valence-corrected chi connectivity index (χ0v) is 14.7. The van der Waals surface area contributed by atoms with Crippen LogP contribution in [0, 0.1) is 24.7 Å². The maximum absolute atomic E-state index is 5.73. The van der Waals surface area contributed by atoms with E-state index < -0.39 is 5.54 Å². The van der Waals surface area contributed by atoms with Gasteiger partial charge in [0, 0.05) is 0 Å². The molecule has 3 aromatic carbocycles. The summed E-state index contributed by atoms with van der Waals surface area (Å²) in [6, 6.07) is 31.2. The zero-order valence-electron chi connectivity index (χ0n) is 14.7. The van der Waals surface area contributed by atoms with E-state index in [1.807, 2.05) is 18.2 Å². The lowest BCUT2D eigenvalue weighted by atomic mass is 9.75. The molecule has 1 nitrogen and oxygen atoms in total. The van der Waals surface area contributed by atoms with Crippen molar-refractivity contribution in [3.63, 3.8) is 0 Å². The Balaban J connectivity index is 2.39. The lowest BCUT2D eigenvalue weighted by molar-refractivity contribution is 0.203. The SMILES string of the molecule is C#CCN(CC#C)C(c1ccccc1)(c1ccccc1)c1ccccc1. The third-order valence-corrected chi connectivity index (χ3v) is 4.61. The molecule has 3 rings (SSSR count). The van der Waals surface area contributed by atoms with Crippen LogP contribution in [-0.4, -0.2) is 18.0 Å². The van der Waals surface area contributed by atoms with E-state index in [4.69, 9.17) is 12.8 Å². The average molecular weight is 335 g/mol. The maximum Gasteiger partial charge on any atom is 0.0988 e. The van der Waals surface area contributed by atoms with Crippen molar-refractivity contribution in [1.82, 2.24) is 4.90 Å². The summed E-state index contributed by atoms with van der Waals surface area (Å²) in [7, 11) is 0. The van der Waals surface area contributed by atoms with Crippen LogP contribution in [0.15, 0.2) is 91.0 Å². The van der Waals surface area contributed by atoms with Gasteiger partial charge in [-0.25, -0.2) is 0 Å². The van der Waals surface area contributed by atoms with Crippen molar-refractivity contribution in [3.8, 4) is 24.7 Å². The van der Waals surface area contributed by atoms with Gasteiger partial charge in [0.2, 0.25) is 0 Å². The normalized spacial score (nSPS) is 10.9. The van der Waals surface area contributed by atoms with E-state index in [1.165, 1.54) is 0 Å². The maximum atomic E-state index is 5.73. The molecule has 0 unspecified atom stereocenters. The number of rotatable bonds is 6. The molecule has 0 heterocycles. The highest BCUT2D eigenvalue weighted by molar-refractivity contribution is 5.50. The van der Waals surface area contributed by atoms with Crippen molar-refractivity contribution in [3.05, 3.63) is 108 Å². The topological polar surface area (TPSA) is 3.24 Å². The Morgan fingerprint density at radius 1 is 0.577 bits per heavy atom. The van der Waals surface area contributed by atoms with Crippen molar-refractivity contribution in [2.24, 2.45) is 0 Å². The molecule has 3 aromatic rings. The summed E-state index contributed by atoms with van der Waals surface area (Å²) in [5.74, 6) is 5.60. The second-order valence-corrected chi connectivity index (χ2v) is 6.07. The van der Waals surface area contributed by atoms with Gasteiger partial charge in [-0.1, -0.05) is 103 Å². The summed E-state index contributed by atoms with van der Waals surface area (Å²) in [6.07, 6.45) is 11.5. The van der Waals surface area contributed by atoms with E-state index in [0.29, 0.717) is 13.1 Å². The Labute approximate surface area is 156 Å². The molecular formula is C25H21N. The van der Waals surface area contributed by atoms with Crippen molar-refractivity contribution >= 4 is 0 Å². The van der Waals surface area contributed by atoms with Crippen molar-refractivity contribution in [1.29, 1.82) is 0 Å². The van der Waals surface area contributed by atoms with Crippen LogP contribution in [0.25, 0.3) is 0 Å². The second-order valence-electron chi connectivity index (χ2n) is 6.07. The molecule has 126 valence electrons. The minimum atomic E-state index is -0.553. The molecule has 0 radical (unpaired) electrons. The Bertz CT molecular complexity index is 786. The van der Waals surface area contributed by atoms with E-state index >= 15 is 0 Å². The summed E-state index contributed by atoms with van der Waals surface area (Å²) < 4.78 is 0. The van der Waals surface area contributed by atoms with Crippen molar-refractivity contribution < 1.29 is 0 Å². The largest absolute Gasteiger partial charge is 0.264 e. The smallest absolute Gasteiger partial charge is 0.0988 e. The molecule has 0 aliphatic carbocycles. The van der Waals surface area contributed by atoms with E-state index in [-0.39, 0.29) is 0 Å². The Kier molecular flexibility index (Phi) is 5.55. The van der Waals surface area contributed by atoms with Gasteiger partial charge in [-0.3, -0.25) is 4.90 Å². The van der Waals surface area contributed by atoms with Gasteiger partial charge in [0.05, 0.1) is 18.6 Å². The molecule has 0 saturated heterocycles. The van der Waals surface area contributed by atoms with Crippen LogP contribution in [0.4, 0.5) is 0 Å².